The van der Waals surface area contributed by atoms with Gasteiger partial charge in [0.1, 0.15) is 5.82 Å². The van der Waals surface area contributed by atoms with Crippen molar-refractivity contribution < 1.29 is 22.4 Å². The van der Waals surface area contributed by atoms with Gasteiger partial charge in [0.25, 0.3) is 0 Å². The number of amides is 1. The molecular weight excluding hydrogens is 570 g/mol. The highest BCUT2D eigenvalue weighted by atomic mass is 32.2. The lowest BCUT2D eigenvalue weighted by Crippen LogP contribution is -2.47. The molecule has 1 amide bonds. The normalized spacial score (nSPS) is 21.6. The zero-order valence-electron chi connectivity index (χ0n) is 24.4. The number of rotatable bonds is 9. The number of aryl methyl sites for hydroxylation is 2. The second kappa shape index (κ2) is 12.2. The van der Waals surface area contributed by atoms with Gasteiger partial charge in [-0.15, -0.1) is 10.2 Å². The predicted molar refractivity (Wildman–Crippen MR) is 159 cm³/mol. The fourth-order valence-corrected chi connectivity index (χ4v) is 7.78. The summed E-state index contributed by atoms with van der Waals surface area (Å²) in [5.41, 5.74) is 8.97. The molecule has 43 heavy (non-hydrogen) atoms. The molecular formula is C30H37N7O5S. The van der Waals surface area contributed by atoms with E-state index in [0.29, 0.717) is 31.2 Å². The third-order valence-corrected chi connectivity index (χ3v) is 10.2. The molecule has 0 saturated carbocycles. The molecule has 13 heteroatoms. The lowest BCUT2D eigenvalue weighted by molar-refractivity contribution is -0.136. The maximum atomic E-state index is 13.9. The first-order valence-corrected chi connectivity index (χ1v) is 16.1. The van der Waals surface area contributed by atoms with Gasteiger partial charge in [0.15, 0.2) is 0 Å². The van der Waals surface area contributed by atoms with Crippen molar-refractivity contribution >= 4 is 27.0 Å². The molecule has 12 nitrogen and oxygen atoms in total. The highest BCUT2D eigenvalue weighted by Crippen LogP contribution is 2.32. The fraction of sp³-hybridized carbons (Fsp3) is 0.467. The van der Waals surface area contributed by atoms with Crippen molar-refractivity contribution in [2.45, 2.75) is 49.6 Å². The van der Waals surface area contributed by atoms with Crippen molar-refractivity contribution in [1.29, 1.82) is 0 Å². The van der Waals surface area contributed by atoms with Crippen molar-refractivity contribution in [2.75, 3.05) is 39.9 Å². The van der Waals surface area contributed by atoms with Crippen molar-refractivity contribution in [2.24, 2.45) is 11.7 Å². The summed E-state index contributed by atoms with van der Waals surface area (Å²) in [7, 11) is -2.21. The van der Waals surface area contributed by atoms with Gasteiger partial charge >= 0.3 is 0 Å². The van der Waals surface area contributed by atoms with E-state index in [1.165, 1.54) is 16.4 Å². The second-order valence-electron chi connectivity index (χ2n) is 11.3. The number of imidazole rings is 1. The summed E-state index contributed by atoms with van der Waals surface area (Å²) in [6.07, 6.45) is 2.62. The van der Waals surface area contributed by atoms with Crippen molar-refractivity contribution in [3.05, 3.63) is 60.2 Å². The molecule has 2 aromatic heterocycles. The van der Waals surface area contributed by atoms with Crippen LogP contribution in [-0.2, 0) is 26.1 Å². The number of nitrogens with two attached hydrogens (primary N) is 1. The van der Waals surface area contributed by atoms with Crippen molar-refractivity contribution in [1.82, 2.24) is 29.0 Å². The van der Waals surface area contributed by atoms with E-state index in [9.17, 15) is 13.2 Å². The Labute approximate surface area is 250 Å². The number of hydrogen-bond donors (Lipinski definition) is 1. The smallest absolute Gasteiger partial charge is 0.247 e. The molecule has 2 aliphatic heterocycles. The number of carbonyl (C=O) groups is 1. The van der Waals surface area contributed by atoms with Crippen LogP contribution in [0.4, 0.5) is 0 Å². The minimum atomic E-state index is -3.91. The summed E-state index contributed by atoms with van der Waals surface area (Å²) < 4.78 is 41.6. The topological polar surface area (TPSA) is 150 Å². The Morgan fingerprint density at radius 2 is 1.95 bits per heavy atom. The van der Waals surface area contributed by atoms with Gasteiger partial charge in [0.2, 0.25) is 27.7 Å². The van der Waals surface area contributed by atoms with Crippen LogP contribution in [0.25, 0.3) is 22.5 Å². The molecule has 2 N–H and O–H groups in total. The number of methoxy groups -OCH3 is 1. The maximum Gasteiger partial charge on any atom is 0.247 e. The largest absolute Gasteiger partial charge is 0.421 e. The molecule has 2 aromatic carbocycles. The molecule has 0 unspecified atom stereocenters. The Kier molecular flexibility index (Phi) is 8.32. The van der Waals surface area contributed by atoms with Gasteiger partial charge in [-0.25, -0.2) is 13.4 Å². The van der Waals surface area contributed by atoms with E-state index >= 15 is 0 Å². The van der Waals surface area contributed by atoms with E-state index in [1.54, 1.807) is 26.2 Å². The van der Waals surface area contributed by atoms with Crippen LogP contribution in [0, 0.1) is 12.8 Å². The van der Waals surface area contributed by atoms with Gasteiger partial charge in [-0.05, 0) is 49.6 Å². The quantitative estimate of drug-likeness (QED) is 0.283. The first-order chi connectivity index (χ1) is 20.8. The summed E-state index contributed by atoms with van der Waals surface area (Å²) >= 11 is 0. The number of hydrogen-bond acceptors (Lipinski definition) is 9. The number of sulfonamides is 1. The third-order valence-electron chi connectivity index (χ3n) is 8.41. The Balaban J connectivity index is 1.18. The summed E-state index contributed by atoms with van der Waals surface area (Å²) in [6.45, 7) is 4.33. The van der Waals surface area contributed by atoms with Crippen LogP contribution in [-0.4, -0.2) is 89.2 Å². The molecule has 2 aliphatic rings. The van der Waals surface area contributed by atoms with Gasteiger partial charge in [-0.3, -0.25) is 4.79 Å². The summed E-state index contributed by atoms with van der Waals surface area (Å²) in [6, 6.07) is 13.9. The molecule has 0 radical (unpaired) electrons. The molecule has 4 aromatic rings. The van der Waals surface area contributed by atoms with Gasteiger partial charge in [0.05, 0.1) is 21.8 Å². The highest BCUT2D eigenvalue weighted by Gasteiger charge is 2.43. The average molecular weight is 608 g/mol. The molecule has 0 spiro atoms. The first-order valence-electron chi connectivity index (χ1n) is 14.7. The number of nitrogens with zero attached hydrogens (tertiary/aromatic N) is 6. The van der Waals surface area contributed by atoms with Crippen molar-refractivity contribution in [3.63, 3.8) is 0 Å². The number of ether oxygens (including phenoxy) is 1. The number of fused-ring (bicyclic) bond motifs is 1. The van der Waals surface area contributed by atoms with Crippen LogP contribution in [0.1, 0.15) is 36.9 Å². The number of para-hydroxylation sites is 2. The number of piperidine rings is 1. The number of likely N-dealkylation sites (tertiary alicyclic amines) is 1. The lowest BCUT2D eigenvalue weighted by Gasteiger charge is -2.35. The summed E-state index contributed by atoms with van der Waals surface area (Å²) in [5, 5.41) is 7.82. The zero-order chi connectivity index (χ0) is 30.1. The molecule has 0 bridgehead atoms. The molecule has 3 atom stereocenters. The minimum Gasteiger partial charge on any atom is -0.421 e. The number of carbonyl (C=O) groups excluding carboxylic acids is 1. The summed E-state index contributed by atoms with van der Waals surface area (Å²) in [5.74, 6) is 0.945. The van der Waals surface area contributed by atoms with E-state index in [1.807, 2.05) is 23.1 Å². The van der Waals surface area contributed by atoms with Crippen LogP contribution < -0.4 is 5.73 Å². The van der Waals surface area contributed by atoms with Crippen LogP contribution in [0.5, 0.6) is 0 Å². The van der Waals surface area contributed by atoms with Gasteiger partial charge < -0.3 is 24.4 Å². The van der Waals surface area contributed by atoms with Gasteiger partial charge in [0, 0.05) is 70.9 Å². The molecule has 228 valence electrons. The van der Waals surface area contributed by atoms with Gasteiger partial charge in [-0.1, -0.05) is 18.2 Å². The number of benzene rings is 2. The Bertz CT molecular complexity index is 1720. The minimum absolute atomic E-state index is 0.0307. The van der Waals surface area contributed by atoms with E-state index in [-0.39, 0.29) is 35.7 Å². The number of aromatic nitrogens is 4. The molecule has 2 fully saturated rings. The molecule has 4 heterocycles. The van der Waals surface area contributed by atoms with Crippen molar-refractivity contribution in [3.8, 4) is 11.5 Å². The third kappa shape index (κ3) is 5.81. The van der Waals surface area contributed by atoms with E-state index in [2.05, 4.69) is 20.8 Å². The SMILES string of the molecule is COCCCn1c([C@@H]2CCCN(C(=O)[C@@H]3CN(S(=O)(=O)c4cccc(-c5nnc(C)o5)c4)C[C@H]3N)C2)nc2ccccc21. The van der Waals surface area contributed by atoms with E-state index in [4.69, 9.17) is 19.9 Å². The summed E-state index contributed by atoms with van der Waals surface area (Å²) in [4.78, 5) is 20.8. The van der Waals surface area contributed by atoms with Gasteiger partial charge in [-0.2, -0.15) is 4.31 Å². The van der Waals surface area contributed by atoms with E-state index < -0.39 is 22.0 Å². The first kappa shape index (κ1) is 29.4. The lowest BCUT2D eigenvalue weighted by atomic mass is 9.94. The Hall–Kier alpha value is -3.65. The second-order valence-corrected chi connectivity index (χ2v) is 13.3. The van der Waals surface area contributed by atoms with Crippen LogP contribution in [0.15, 0.2) is 57.8 Å². The molecule has 0 aliphatic carbocycles. The van der Waals surface area contributed by atoms with Crippen LogP contribution in [0.3, 0.4) is 0 Å². The maximum absolute atomic E-state index is 13.9. The van der Waals surface area contributed by atoms with Crippen LogP contribution >= 0.6 is 0 Å². The molecule has 2 saturated heterocycles. The zero-order valence-corrected chi connectivity index (χ0v) is 25.2. The van der Waals surface area contributed by atoms with E-state index in [0.717, 1.165) is 42.7 Å². The Morgan fingerprint density at radius 3 is 2.74 bits per heavy atom. The monoisotopic (exact) mass is 607 g/mol. The standard InChI is InChI=1S/C30H37N7O5S/c1-20-33-34-29(42-20)21-8-5-10-23(16-21)43(39,40)36-18-24(25(31)19-36)30(38)35-13-6-9-22(17-35)28-32-26-11-3-4-12-27(26)37(28)14-7-15-41-2/h3-5,8,10-12,16,22,24-25H,6-7,9,13-15,17-19,31H2,1-2H3/t22-,24-,25-/m1/s1. The highest BCUT2D eigenvalue weighted by molar-refractivity contribution is 7.89. The fourth-order valence-electron chi connectivity index (χ4n) is 6.23. The molecule has 6 rings (SSSR count). The average Bonchev–Trinajstić information content (AvgIpc) is 3.74. The predicted octanol–water partition coefficient (Wildman–Crippen LogP) is 2.79. The Morgan fingerprint density at radius 1 is 1.12 bits per heavy atom. The van der Waals surface area contributed by atoms with Crippen LogP contribution in [0.2, 0.25) is 0 Å².